The van der Waals surface area contributed by atoms with Crippen LogP contribution in [0.25, 0.3) is 0 Å². The average Bonchev–Trinajstić information content (AvgIpc) is 2.47. The molecule has 4 saturated carbocycles. The number of halogens is 2. The quantitative estimate of drug-likeness (QED) is 0.864. The van der Waals surface area contributed by atoms with Crippen molar-refractivity contribution in [1.29, 1.82) is 0 Å². The fraction of sp³-hybridized carbons (Fsp3) is 0.737. The minimum Gasteiger partial charge on any atom is -0.378 e. The third-order valence-electron chi connectivity index (χ3n) is 6.75. The number of hydrogen-bond donors (Lipinski definition) is 2. The first-order valence-electron chi connectivity index (χ1n) is 9.27. The highest BCUT2D eigenvalue weighted by atomic mass is 19.2. The van der Waals surface area contributed by atoms with Crippen molar-refractivity contribution in [3.05, 3.63) is 27.7 Å². The van der Waals surface area contributed by atoms with Gasteiger partial charge in [0.05, 0.1) is 5.69 Å². The van der Waals surface area contributed by atoms with E-state index in [-0.39, 0.29) is 17.9 Å². The van der Waals surface area contributed by atoms with Crippen molar-refractivity contribution < 1.29 is 8.78 Å². The highest BCUT2D eigenvalue weighted by molar-refractivity contribution is 5.56. The molecule has 5 heteroatoms. The molecule has 2 unspecified atom stereocenters. The molecule has 1 aromatic heterocycles. The van der Waals surface area contributed by atoms with E-state index in [0.717, 1.165) is 48.9 Å². The van der Waals surface area contributed by atoms with Gasteiger partial charge in [0, 0.05) is 36.6 Å². The maximum Gasteiger partial charge on any atom is 0.251 e. The van der Waals surface area contributed by atoms with E-state index in [4.69, 9.17) is 0 Å². The van der Waals surface area contributed by atoms with Crippen molar-refractivity contribution in [3.63, 3.8) is 0 Å². The van der Waals surface area contributed by atoms with E-state index in [2.05, 4.69) is 10.3 Å². The molecule has 0 aromatic carbocycles. The Bertz CT molecular complexity index is 740. The van der Waals surface area contributed by atoms with Gasteiger partial charge in [0.25, 0.3) is 5.56 Å². The predicted octanol–water partition coefficient (Wildman–Crippen LogP) is 3.82. The van der Waals surface area contributed by atoms with E-state index in [1.165, 1.54) is 0 Å². The average molecular weight is 334 g/mol. The molecular formula is C19H24F2N2O. The van der Waals surface area contributed by atoms with Crippen molar-refractivity contribution in [1.82, 2.24) is 4.98 Å². The number of nitrogens with one attached hydrogen (secondary N) is 2. The Hall–Kier alpha value is -1.39. The zero-order chi connectivity index (χ0) is 16.6. The SMILES string of the molecule is O=c1[nH]cc(NC23CC4CC(F)(CC(F)(C4)C2)C3)c2c1CCCC2. The third-order valence-corrected chi connectivity index (χ3v) is 6.75. The first-order chi connectivity index (χ1) is 11.4. The number of rotatable bonds is 2. The molecule has 0 radical (unpaired) electrons. The molecule has 5 aliphatic rings. The summed E-state index contributed by atoms with van der Waals surface area (Å²) >= 11 is 0. The monoisotopic (exact) mass is 334 g/mol. The molecule has 0 amide bonds. The molecule has 5 aliphatic carbocycles. The van der Waals surface area contributed by atoms with Gasteiger partial charge in [-0.3, -0.25) is 4.79 Å². The molecule has 0 aliphatic heterocycles. The molecule has 4 bridgehead atoms. The van der Waals surface area contributed by atoms with Gasteiger partial charge >= 0.3 is 0 Å². The van der Waals surface area contributed by atoms with E-state index >= 15 is 8.78 Å². The van der Waals surface area contributed by atoms with Crippen molar-refractivity contribution in [3.8, 4) is 0 Å². The summed E-state index contributed by atoms with van der Waals surface area (Å²) in [6, 6.07) is 0. The molecule has 4 fully saturated rings. The largest absolute Gasteiger partial charge is 0.378 e. The number of fused-ring (bicyclic) bond motifs is 1. The molecule has 2 N–H and O–H groups in total. The normalized spacial score (nSPS) is 42.8. The first kappa shape index (κ1) is 14.9. The summed E-state index contributed by atoms with van der Waals surface area (Å²) in [7, 11) is 0. The number of pyridine rings is 1. The molecule has 130 valence electrons. The minimum absolute atomic E-state index is 0.00955. The Morgan fingerprint density at radius 3 is 2.33 bits per heavy atom. The van der Waals surface area contributed by atoms with Crippen LogP contribution in [0.4, 0.5) is 14.5 Å². The highest BCUT2D eigenvalue weighted by Crippen LogP contribution is 2.62. The van der Waals surface area contributed by atoms with Crippen LogP contribution in [-0.4, -0.2) is 21.9 Å². The van der Waals surface area contributed by atoms with Crippen LogP contribution in [0.1, 0.15) is 62.5 Å². The zero-order valence-corrected chi connectivity index (χ0v) is 13.9. The fourth-order valence-corrected chi connectivity index (χ4v) is 6.51. The second-order valence-corrected chi connectivity index (χ2v) is 8.91. The smallest absolute Gasteiger partial charge is 0.251 e. The molecule has 1 heterocycles. The maximum atomic E-state index is 15.1. The molecule has 2 atom stereocenters. The standard InChI is InChI=1S/C19H24F2N2O/c20-17-5-12-6-18(21,9-17)11-19(7-12,10-17)23-15-8-22-16(24)14-4-2-1-3-13(14)15/h8,12,23H,1-7,9-11H2,(H,22,24). The number of anilines is 1. The second kappa shape index (κ2) is 4.61. The van der Waals surface area contributed by atoms with Crippen LogP contribution in [0.5, 0.6) is 0 Å². The molecule has 24 heavy (non-hydrogen) atoms. The molecule has 1 aromatic rings. The van der Waals surface area contributed by atoms with Gasteiger partial charge in [0.2, 0.25) is 0 Å². The first-order valence-corrected chi connectivity index (χ1v) is 9.27. The Morgan fingerprint density at radius 2 is 1.67 bits per heavy atom. The van der Waals surface area contributed by atoms with Crippen LogP contribution in [0, 0.1) is 5.92 Å². The van der Waals surface area contributed by atoms with Gasteiger partial charge in [-0.25, -0.2) is 8.78 Å². The van der Waals surface area contributed by atoms with Crippen molar-refractivity contribution in [2.75, 3.05) is 5.32 Å². The van der Waals surface area contributed by atoms with Gasteiger partial charge in [0.15, 0.2) is 0 Å². The summed E-state index contributed by atoms with van der Waals surface area (Å²) in [5.74, 6) is 0.141. The zero-order valence-electron chi connectivity index (χ0n) is 13.9. The summed E-state index contributed by atoms with van der Waals surface area (Å²) in [5.41, 5.74) is -0.384. The number of aromatic amines is 1. The van der Waals surface area contributed by atoms with Gasteiger partial charge in [-0.05, 0) is 56.4 Å². The van der Waals surface area contributed by atoms with E-state index < -0.39 is 16.9 Å². The summed E-state index contributed by atoms with van der Waals surface area (Å²) in [4.78, 5) is 14.9. The van der Waals surface area contributed by atoms with Crippen LogP contribution >= 0.6 is 0 Å². The Morgan fingerprint density at radius 1 is 1.00 bits per heavy atom. The summed E-state index contributed by atoms with van der Waals surface area (Å²) in [5, 5.41) is 3.54. The number of alkyl halides is 2. The van der Waals surface area contributed by atoms with Crippen LogP contribution in [0.3, 0.4) is 0 Å². The van der Waals surface area contributed by atoms with E-state index in [9.17, 15) is 4.79 Å². The van der Waals surface area contributed by atoms with Crippen LogP contribution in [0.2, 0.25) is 0 Å². The number of H-pyrrole nitrogens is 1. The lowest BCUT2D eigenvalue weighted by atomic mass is 9.50. The summed E-state index contributed by atoms with van der Waals surface area (Å²) < 4.78 is 30.3. The van der Waals surface area contributed by atoms with E-state index in [1.807, 2.05) is 0 Å². The lowest BCUT2D eigenvalue weighted by Crippen LogP contribution is -2.65. The van der Waals surface area contributed by atoms with Gasteiger partial charge in [-0.1, -0.05) is 0 Å². The Kier molecular flexibility index (Phi) is 2.87. The molecule has 6 rings (SSSR count). The van der Waals surface area contributed by atoms with Gasteiger partial charge in [-0.2, -0.15) is 0 Å². The molecule has 0 spiro atoms. The molecular weight excluding hydrogens is 310 g/mol. The third kappa shape index (κ3) is 2.16. The highest BCUT2D eigenvalue weighted by Gasteiger charge is 2.64. The maximum absolute atomic E-state index is 15.1. The topological polar surface area (TPSA) is 44.9 Å². The summed E-state index contributed by atoms with van der Waals surface area (Å²) in [6.07, 6.45) is 8.26. The van der Waals surface area contributed by atoms with Crippen molar-refractivity contribution in [2.24, 2.45) is 5.92 Å². The number of hydrogen-bond acceptors (Lipinski definition) is 2. The van der Waals surface area contributed by atoms with Gasteiger partial charge < -0.3 is 10.3 Å². The van der Waals surface area contributed by atoms with E-state index in [0.29, 0.717) is 25.7 Å². The molecule has 0 saturated heterocycles. The van der Waals surface area contributed by atoms with Crippen LogP contribution < -0.4 is 10.9 Å². The lowest BCUT2D eigenvalue weighted by molar-refractivity contribution is -0.137. The van der Waals surface area contributed by atoms with Gasteiger partial charge in [0.1, 0.15) is 11.3 Å². The van der Waals surface area contributed by atoms with Gasteiger partial charge in [-0.15, -0.1) is 0 Å². The fourth-order valence-electron chi connectivity index (χ4n) is 6.51. The van der Waals surface area contributed by atoms with Crippen LogP contribution in [-0.2, 0) is 12.8 Å². The van der Waals surface area contributed by atoms with E-state index in [1.54, 1.807) is 6.20 Å². The predicted molar refractivity (Wildman–Crippen MR) is 88.9 cm³/mol. The van der Waals surface area contributed by atoms with Crippen molar-refractivity contribution >= 4 is 5.69 Å². The lowest BCUT2D eigenvalue weighted by Gasteiger charge is -2.61. The molecule has 3 nitrogen and oxygen atoms in total. The van der Waals surface area contributed by atoms with Crippen molar-refractivity contribution in [2.45, 2.75) is 81.1 Å². The summed E-state index contributed by atoms with van der Waals surface area (Å²) in [6.45, 7) is 0. The minimum atomic E-state index is -1.36. The van der Waals surface area contributed by atoms with Crippen LogP contribution in [0.15, 0.2) is 11.0 Å². The second-order valence-electron chi connectivity index (χ2n) is 8.91. The number of aromatic nitrogens is 1. The Labute approximate surface area is 140 Å². The Balaban J connectivity index is 1.53.